The van der Waals surface area contributed by atoms with Gasteiger partial charge in [0, 0.05) is 12.1 Å². The first-order valence-electron chi connectivity index (χ1n) is 7.27. The number of para-hydroxylation sites is 1. The number of ether oxygens (including phenoxy) is 1. The largest absolute Gasteiger partial charge is 0.480 e. The number of benzene rings is 2. The monoisotopic (exact) mass is 332 g/mol. The molecular weight excluding hydrogens is 315 g/mol. The summed E-state index contributed by atoms with van der Waals surface area (Å²) in [6.45, 7) is 5.23. The van der Waals surface area contributed by atoms with E-state index < -0.39 is 22.8 Å². The number of carbonyl (C=O) groups excluding carboxylic acids is 1. The molecule has 1 amide bonds. The van der Waals surface area contributed by atoms with Crippen molar-refractivity contribution < 1.29 is 18.8 Å². The first-order valence-corrected chi connectivity index (χ1v) is 7.27. The molecule has 0 aliphatic heterocycles. The van der Waals surface area contributed by atoms with Crippen LogP contribution in [0.15, 0.2) is 36.4 Å². The van der Waals surface area contributed by atoms with E-state index in [1.54, 1.807) is 0 Å². The van der Waals surface area contributed by atoms with E-state index in [4.69, 9.17) is 4.74 Å². The number of rotatable bonds is 5. The molecule has 2 rings (SSSR count). The fraction of sp³-hybridized carbons (Fsp3) is 0.235. The second-order valence-electron chi connectivity index (χ2n) is 5.39. The molecule has 6 nitrogen and oxygen atoms in total. The molecule has 126 valence electrons. The summed E-state index contributed by atoms with van der Waals surface area (Å²) < 4.78 is 19.4. The van der Waals surface area contributed by atoms with E-state index >= 15 is 0 Å². The molecule has 24 heavy (non-hydrogen) atoms. The molecule has 1 N–H and O–H groups in total. The summed E-state index contributed by atoms with van der Waals surface area (Å²) in [5.41, 5.74) is 1.17. The molecule has 0 saturated heterocycles. The van der Waals surface area contributed by atoms with Crippen molar-refractivity contribution in [3.63, 3.8) is 0 Å². The van der Waals surface area contributed by atoms with Crippen molar-refractivity contribution in [1.82, 2.24) is 0 Å². The Balaban J connectivity index is 2.15. The molecular formula is C17H17FN2O4. The van der Waals surface area contributed by atoms with Crippen LogP contribution in [0.4, 0.5) is 15.8 Å². The quantitative estimate of drug-likeness (QED) is 0.668. The maximum atomic E-state index is 13.7. The molecule has 2 aromatic carbocycles. The van der Waals surface area contributed by atoms with Crippen LogP contribution in [-0.4, -0.2) is 16.9 Å². The van der Waals surface area contributed by atoms with E-state index in [0.717, 1.165) is 29.3 Å². The minimum Gasteiger partial charge on any atom is -0.480 e. The van der Waals surface area contributed by atoms with Gasteiger partial charge in [0.15, 0.2) is 6.10 Å². The number of carbonyl (C=O) groups is 1. The van der Waals surface area contributed by atoms with Crippen LogP contribution in [0.5, 0.6) is 5.75 Å². The van der Waals surface area contributed by atoms with Gasteiger partial charge in [-0.05, 0) is 38.0 Å². The third-order valence-corrected chi connectivity index (χ3v) is 3.49. The van der Waals surface area contributed by atoms with Crippen molar-refractivity contribution in [2.75, 3.05) is 5.32 Å². The molecule has 1 atom stereocenters. The minimum atomic E-state index is -0.900. The molecule has 0 aliphatic carbocycles. The summed E-state index contributed by atoms with van der Waals surface area (Å²) in [7, 11) is 0. The second-order valence-corrected chi connectivity index (χ2v) is 5.39. The Morgan fingerprint density at radius 3 is 2.46 bits per heavy atom. The lowest BCUT2D eigenvalue weighted by Crippen LogP contribution is -2.31. The summed E-state index contributed by atoms with van der Waals surface area (Å²) in [6.07, 6.45) is -0.900. The number of halogens is 1. The number of amides is 1. The van der Waals surface area contributed by atoms with Gasteiger partial charge in [-0.1, -0.05) is 18.2 Å². The Bertz CT molecular complexity index is 772. The molecule has 0 heterocycles. The Hall–Kier alpha value is -2.96. The van der Waals surface area contributed by atoms with E-state index in [0.29, 0.717) is 5.75 Å². The molecule has 0 fully saturated rings. The lowest BCUT2D eigenvalue weighted by molar-refractivity contribution is -0.384. The van der Waals surface area contributed by atoms with Gasteiger partial charge in [-0.25, -0.2) is 4.39 Å². The summed E-state index contributed by atoms with van der Waals surface area (Å²) in [5.74, 6) is -0.773. The van der Waals surface area contributed by atoms with E-state index in [1.165, 1.54) is 6.92 Å². The zero-order valence-electron chi connectivity index (χ0n) is 13.5. The van der Waals surface area contributed by atoms with Crippen molar-refractivity contribution >= 4 is 17.3 Å². The van der Waals surface area contributed by atoms with Crippen LogP contribution in [0.3, 0.4) is 0 Å². The number of aryl methyl sites for hydroxylation is 2. The van der Waals surface area contributed by atoms with Gasteiger partial charge >= 0.3 is 0 Å². The van der Waals surface area contributed by atoms with Gasteiger partial charge in [-0.15, -0.1) is 0 Å². The first kappa shape index (κ1) is 17.4. The Morgan fingerprint density at radius 1 is 1.25 bits per heavy atom. The highest BCUT2D eigenvalue weighted by Crippen LogP contribution is 2.25. The average Bonchev–Trinajstić information content (AvgIpc) is 2.52. The number of hydrogen-bond acceptors (Lipinski definition) is 4. The van der Waals surface area contributed by atoms with Crippen molar-refractivity contribution in [3.8, 4) is 5.75 Å². The third kappa shape index (κ3) is 3.87. The lowest BCUT2D eigenvalue weighted by atomic mass is 10.1. The van der Waals surface area contributed by atoms with Gasteiger partial charge in [0.1, 0.15) is 11.6 Å². The van der Waals surface area contributed by atoms with Crippen LogP contribution in [0.1, 0.15) is 18.1 Å². The van der Waals surface area contributed by atoms with E-state index in [-0.39, 0.29) is 11.4 Å². The van der Waals surface area contributed by atoms with E-state index in [9.17, 15) is 19.3 Å². The predicted molar refractivity (Wildman–Crippen MR) is 87.7 cm³/mol. The van der Waals surface area contributed by atoms with E-state index in [2.05, 4.69) is 5.32 Å². The predicted octanol–water partition coefficient (Wildman–Crippen LogP) is 3.76. The van der Waals surface area contributed by atoms with Crippen LogP contribution in [0, 0.1) is 29.8 Å². The van der Waals surface area contributed by atoms with Crippen molar-refractivity contribution in [3.05, 3.63) is 63.5 Å². The third-order valence-electron chi connectivity index (χ3n) is 3.49. The SMILES string of the molecule is Cc1cccc(C)c1O[C@H](C)C(=O)Nc1cc([N+](=O)[O-])ccc1F. The molecule has 0 bridgehead atoms. The second kappa shape index (κ2) is 7.08. The maximum Gasteiger partial charge on any atom is 0.271 e. The van der Waals surface area contributed by atoms with Gasteiger partial charge in [-0.2, -0.15) is 0 Å². The normalized spacial score (nSPS) is 11.7. The van der Waals surface area contributed by atoms with Crippen LogP contribution in [-0.2, 0) is 4.79 Å². The Kier molecular flexibility index (Phi) is 5.13. The fourth-order valence-electron chi connectivity index (χ4n) is 2.17. The molecule has 0 aromatic heterocycles. The average molecular weight is 332 g/mol. The van der Waals surface area contributed by atoms with Gasteiger partial charge < -0.3 is 10.1 Å². The number of hydrogen-bond donors (Lipinski definition) is 1. The highest BCUT2D eigenvalue weighted by atomic mass is 19.1. The first-order chi connectivity index (χ1) is 11.3. The van der Waals surface area contributed by atoms with Crippen molar-refractivity contribution in [2.24, 2.45) is 0 Å². The molecule has 0 aliphatic rings. The highest BCUT2D eigenvalue weighted by molar-refractivity contribution is 5.94. The maximum absolute atomic E-state index is 13.7. The molecule has 7 heteroatoms. The zero-order chi connectivity index (χ0) is 17.9. The standard InChI is InChI=1S/C17H17FN2O4/c1-10-5-4-6-11(2)16(10)24-12(3)17(21)19-15-9-13(20(22)23)7-8-14(15)18/h4-9,12H,1-3H3,(H,19,21)/t12-/m1/s1. The topological polar surface area (TPSA) is 81.5 Å². The van der Waals surface area contributed by atoms with Gasteiger partial charge in [0.25, 0.3) is 11.6 Å². The number of non-ortho nitro benzene ring substituents is 1. The number of nitrogens with one attached hydrogen (secondary N) is 1. The summed E-state index contributed by atoms with van der Waals surface area (Å²) in [5, 5.41) is 13.1. The van der Waals surface area contributed by atoms with Gasteiger partial charge in [-0.3, -0.25) is 14.9 Å². The van der Waals surface area contributed by atoms with Gasteiger partial charge in [0.05, 0.1) is 10.6 Å². The number of nitrogens with zero attached hydrogens (tertiary/aromatic N) is 1. The molecule has 0 saturated carbocycles. The zero-order valence-corrected chi connectivity index (χ0v) is 13.5. The van der Waals surface area contributed by atoms with Gasteiger partial charge in [0.2, 0.25) is 0 Å². The minimum absolute atomic E-state index is 0.258. The molecule has 2 aromatic rings. The van der Waals surface area contributed by atoms with Crippen molar-refractivity contribution in [2.45, 2.75) is 26.9 Å². The Labute approximate surface area is 138 Å². The molecule has 0 radical (unpaired) electrons. The number of nitro benzene ring substituents is 1. The van der Waals surface area contributed by atoms with Crippen LogP contribution >= 0.6 is 0 Å². The van der Waals surface area contributed by atoms with Crippen LogP contribution in [0.25, 0.3) is 0 Å². The Morgan fingerprint density at radius 2 is 1.88 bits per heavy atom. The van der Waals surface area contributed by atoms with Crippen LogP contribution in [0.2, 0.25) is 0 Å². The summed E-state index contributed by atoms with van der Waals surface area (Å²) >= 11 is 0. The molecule has 0 unspecified atom stereocenters. The summed E-state index contributed by atoms with van der Waals surface area (Å²) in [4.78, 5) is 22.3. The fourth-order valence-corrected chi connectivity index (χ4v) is 2.17. The van der Waals surface area contributed by atoms with Crippen molar-refractivity contribution in [1.29, 1.82) is 0 Å². The number of nitro groups is 1. The molecule has 0 spiro atoms. The number of anilines is 1. The van der Waals surface area contributed by atoms with Crippen LogP contribution < -0.4 is 10.1 Å². The lowest BCUT2D eigenvalue weighted by Gasteiger charge is -2.18. The summed E-state index contributed by atoms with van der Waals surface area (Å²) in [6, 6.07) is 8.52. The van der Waals surface area contributed by atoms with E-state index in [1.807, 2.05) is 32.0 Å². The smallest absolute Gasteiger partial charge is 0.271 e. The highest BCUT2D eigenvalue weighted by Gasteiger charge is 2.19.